The molecule has 126 valence electrons. The van der Waals surface area contributed by atoms with E-state index in [0.29, 0.717) is 0 Å². The number of rotatable bonds is 4. The molecule has 0 aliphatic carbocycles. The third kappa shape index (κ3) is 3.86. The number of carbonyl (C=O) groups excluding carboxylic acids is 2. The molecule has 4 atom stereocenters. The van der Waals surface area contributed by atoms with Crippen molar-refractivity contribution in [2.24, 2.45) is 5.92 Å². The topological polar surface area (TPSA) is 117 Å². The average molecular weight is 326 g/mol. The molecule has 1 aromatic heterocycles. The molecule has 2 rings (SSSR count). The second kappa shape index (κ2) is 6.78. The third-order valence-corrected chi connectivity index (χ3v) is 3.53. The molecule has 0 spiro atoms. The molecule has 9 nitrogen and oxygen atoms in total. The number of nitrogens with one attached hydrogen (secondary N) is 1. The summed E-state index contributed by atoms with van der Waals surface area (Å²) in [6.45, 7) is 4.15. The number of hydrogen-bond acceptors (Lipinski definition) is 7. The maximum atomic E-state index is 11.9. The van der Waals surface area contributed by atoms with Gasteiger partial charge in [0.2, 0.25) is 0 Å². The van der Waals surface area contributed by atoms with Crippen molar-refractivity contribution in [2.75, 3.05) is 6.61 Å². The zero-order valence-electron chi connectivity index (χ0n) is 13.0. The van der Waals surface area contributed by atoms with Crippen LogP contribution in [0.25, 0.3) is 0 Å². The Morgan fingerprint density at radius 1 is 1.30 bits per heavy atom. The third-order valence-electron chi connectivity index (χ3n) is 3.53. The molecule has 0 aromatic carbocycles. The van der Waals surface area contributed by atoms with Gasteiger partial charge in [0.1, 0.15) is 25.0 Å². The molecular formula is C14H18N2O7. The normalized spacial score (nSPS) is 26.7. The summed E-state index contributed by atoms with van der Waals surface area (Å²) in [5.41, 5.74) is -1.16. The molecule has 2 heterocycles. The van der Waals surface area contributed by atoms with Crippen LogP contribution < -0.4 is 11.2 Å². The molecular weight excluding hydrogens is 308 g/mol. The molecule has 0 bridgehead atoms. The molecule has 23 heavy (non-hydrogen) atoms. The standard InChI is InChI=1S/C14H18N2O7/c1-7-12(22-9(3)18)10(6-21-8(2)17)23-13(7)16-5-4-11(19)15-14(16)20/h4-5,7,10,12-13H,6H2,1-3H3,(H,15,19,20)/t7-,10+,12-,13+/m0/s1. The molecule has 0 radical (unpaired) electrons. The van der Waals surface area contributed by atoms with E-state index in [1.807, 2.05) is 0 Å². The first-order chi connectivity index (χ1) is 10.8. The van der Waals surface area contributed by atoms with Gasteiger partial charge < -0.3 is 14.2 Å². The first kappa shape index (κ1) is 16.9. The van der Waals surface area contributed by atoms with Crippen molar-refractivity contribution in [1.29, 1.82) is 0 Å². The lowest BCUT2D eigenvalue weighted by Crippen LogP contribution is -2.35. The van der Waals surface area contributed by atoms with Gasteiger partial charge in [0.25, 0.3) is 5.56 Å². The van der Waals surface area contributed by atoms with E-state index in [-0.39, 0.29) is 12.5 Å². The summed E-state index contributed by atoms with van der Waals surface area (Å²) in [6, 6.07) is 1.19. The molecule has 1 saturated heterocycles. The van der Waals surface area contributed by atoms with Crippen molar-refractivity contribution in [3.8, 4) is 0 Å². The van der Waals surface area contributed by atoms with E-state index in [4.69, 9.17) is 14.2 Å². The largest absolute Gasteiger partial charge is 0.463 e. The van der Waals surface area contributed by atoms with Crippen LogP contribution in [0.5, 0.6) is 0 Å². The Balaban J connectivity index is 2.27. The van der Waals surface area contributed by atoms with Crippen molar-refractivity contribution in [1.82, 2.24) is 9.55 Å². The average Bonchev–Trinajstić information content (AvgIpc) is 2.73. The second-order valence-electron chi connectivity index (χ2n) is 5.32. The smallest absolute Gasteiger partial charge is 0.330 e. The van der Waals surface area contributed by atoms with E-state index < -0.39 is 41.6 Å². The number of aromatic amines is 1. The van der Waals surface area contributed by atoms with Crippen LogP contribution in [0, 0.1) is 5.92 Å². The van der Waals surface area contributed by atoms with Crippen LogP contribution in [0.15, 0.2) is 21.9 Å². The van der Waals surface area contributed by atoms with E-state index in [2.05, 4.69) is 4.98 Å². The minimum atomic E-state index is -0.760. The van der Waals surface area contributed by atoms with Gasteiger partial charge in [0, 0.05) is 32.0 Å². The number of nitrogens with zero attached hydrogens (tertiary/aromatic N) is 1. The quantitative estimate of drug-likeness (QED) is 0.746. The van der Waals surface area contributed by atoms with Gasteiger partial charge in [-0.3, -0.25) is 23.9 Å². The van der Waals surface area contributed by atoms with Gasteiger partial charge >= 0.3 is 17.6 Å². The van der Waals surface area contributed by atoms with Gasteiger partial charge in [0.05, 0.1) is 0 Å². The highest BCUT2D eigenvalue weighted by Crippen LogP contribution is 2.35. The fourth-order valence-electron chi connectivity index (χ4n) is 2.54. The molecule has 0 unspecified atom stereocenters. The molecule has 1 fully saturated rings. The Bertz CT molecular complexity index is 708. The lowest BCUT2D eigenvalue weighted by molar-refractivity contribution is -0.156. The van der Waals surface area contributed by atoms with E-state index in [1.165, 1.54) is 30.7 Å². The second-order valence-corrected chi connectivity index (χ2v) is 5.32. The van der Waals surface area contributed by atoms with E-state index in [9.17, 15) is 19.2 Å². The zero-order chi connectivity index (χ0) is 17.1. The number of ether oxygens (including phenoxy) is 3. The fourth-order valence-corrected chi connectivity index (χ4v) is 2.54. The lowest BCUT2D eigenvalue weighted by atomic mass is 10.0. The summed E-state index contributed by atoms with van der Waals surface area (Å²) in [5.74, 6) is -1.39. The van der Waals surface area contributed by atoms with Crippen LogP contribution >= 0.6 is 0 Å². The van der Waals surface area contributed by atoms with E-state index in [0.717, 1.165) is 0 Å². The van der Waals surface area contributed by atoms with Crippen molar-refractivity contribution in [3.63, 3.8) is 0 Å². The Morgan fingerprint density at radius 2 is 2.00 bits per heavy atom. The van der Waals surface area contributed by atoms with Crippen LogP contribution in [0.1, 0.15) is 27.0 Å². The highest BCUT2D eigenvalue weighted by atomic mass is 16.6. The monoisotopic (exact) mass is 326 g/mol. The molecule has 1 aliphatic heterocycles. The van der Waals surface area contributed by atoms with Crippen LogP contribution in [-0.4, -0.2) is 40.3 Å². The van der Waals surface area contributed by atoms with Crippen molar-refractivity contribution >= 4 is 11.9 Å². The summed E-state index contributed by atoms with van der Waals surface area (Å²) in [7, 11) is 0. The van der Waals surface area contributed by atoms with Crippen LogP contribution in [0.3, 0.4) is 0 Å². The zero-order valence-corrected chi connectivity index (χ0v) is 13.0. The number of carbonyl (C=O) groups is 2. The molecule has 0 saturated carbocycles. The van der Waals surface area contributed by atoms with Crippen molar-refractivity contribution < 1.29 is 23.8 Å². The van der Waals surface area contributed by atoms with Crippen molar-refractivity contribution in [2.45, 2.75) is 39.2 Å². The highest BCUT2D eigenvalue weighted by molar-refractivity contribution is 5.66. The van der Waals surface area contributed by atoms with Gasteiger partial charge in [-0.1, -0.05) is 6.92 Å². The summed E-state index contributed by atoms with van der Waals surface area (Å²) in [5, 5.41) is 0. The summed E-state index contributed by atoms with van der Waals surface area (Å²) >= 11 is 0. The van der Waals surface area contributed by atoms with Gasteiger partial charge in [-0.2, -0.15) is 0 Å². The fraction of sp³-hybridized carbons (Fsp3) is 0.571. The van der Waals surface area contributed by atoms with Crippen molar-refractivity contribution in [3.05, 3.63) is 33.1 Å². The molecule has 0 amide bonds. The molecule has 9 heteroatoms. The molecule has 1 aromatic rings. The Labute approximate surface area is 131 Å². The number of hydrogen-bond donors (Lipinski definition) is 1. The van der Waals surface area contributed by atoms with Crippen LogP contribution in [0.2, 0.25) is 0 Å². The summed E-state index contributed by atoms with van der Waals surface area (Å²) in [4.78, 5) is 47.5. The van der Waals surface area contributed by atoms with Gasteiger partial charge in [-0.05, 0) is 0 Å². The number of H-pyrrole nitrogens is 1. The number of aromatic nitrogens is 2. The van der Waals surface area contributed by atoms with Crippen LogP contribution in [0.4, 0.5) is 0 Å². The first-order valence-corrected chi connectivity index (χ1v) is 7.07. The maximum Gasteiger partial charge on any atom is 0.330 e. The SMILES string of the molecule is CC(=O)OC[C@H]1O[C@@H](n2ccc(=O)[nH]c2=O)[C@@H](C)[C@@H]1OC(C)=O. The van der Waals surface area contributed by atoms with Gasteiger partial charge in [-0.15, -0.1) is 0 Å². The minimum Gasteiger partial charge on any atom is -0.463 e. The Kier molecular flexibility index (Phi) is 4.99. The summed E-state index contributed by atoms with van der Waals surface area (Å²) < 4.78 is 17.1. The predicted molar refractivity (Wildman–Crippen MR) is 76.6 cm³/mol. The lowest BCUT2D eigenvalue weighted by Gasteiger charge is -2.20. The predicted octanol–water partition coefficient (Wildman–Crippen LogP) is -0.435. The Morgan fingerprint density at radius 3 is 2.57 bits per heavy atom. The minimum absolute atomic E-state index is 0.105. The maximum absolute atomic E-state index is 11.9. The van der Waals surface area contributed by atoms with Gasteiger partial charge in [0.15, 0.2) is 0 Å². The summed E-state index contributed by atoms with van der Waals surface area (Å²) in [6.07, 6.45) is -0.844. The van der Waals surface area contributed by atoms with E-state index >= 15 is 0 Å². The number of esters is 2. The Hall–Kier alpha value is -2.42. The first-order valence-electron chi connectivity index (χ1n) is 7.07. The molecule has 1 N–H and O–H groups in total. The van der Waals surface area contributed by atoms with Crippen LogP contribution in [-0.2, 0) is 23.8 Å². The molecule has 1 aliphatic rings. The van der Waals surface area contributed by atoms with Gasteiger partial charge in [-0.25, -0.2) is 4.79 Å². The van der Waals surface area contributed by atoms with E-state index in [1.54, 1.807) is 6.92 Å². The highest BCUT2D eigenvalue weighted by Gasteiger charge is 2.45.